The van der Waals surface area contributed by atoms with E-state index in [-0.39, 0.29) is 12.1 Å². The maximum absolute atomic E-state index is 14.4. The number of hydrogen-bond acceptors (Lipinski definition) is 1. The van der Waals surface area contributed by atoms with Gasteiger partial charge in [0.15, 0.2) is 0 Å². The van der Waals surface area contributed by atoms with E-state index >= 15 is 0 Å². The van der Waals surface area contributed by atoms with Gasteiger partial charge in [0.05, 0.1) is 12.1 Å². The molecule has 2 N–H and O–H groups in total. The summed E-state index contributed by atoms with van der Waals surface area (Å²) in [7, 11) is 0. The molecule has 0 fully saturated rings. The van der Waals surface area contributed by atoms with Crippen molar-refractivity contribution < 1.29 is 18.0 Å². The Morgan fingerprint density at radius 1 is 1.00 bits per heavy atom. The summed E-state index contributed by atoms with van der Waals surface area (Å²) in [5.74, 6) is -3.44. The lowest BCUT2D eigenvalue weighted by Gasteiger charge is -2.11. The first-order valence-electron chi connectivity index (χ1n) is 9.87. The maximum Gasteiger partial charge on any atom is 0.249 e. The minimum Gasteiger partial charge on any atom is -0.366 e. The zero-order valence-electron chi connectivity index (χ0n) is 16.5. The van der Waals surface area contributed by atoms with Gasteiger partial charge in [-0.05, 0) is 36.6 Å². The van der Waals surface area contributed by atoms with Crippen LogP contribution in [0.4, 0.5) is 13.2 Å². The van der Waals surface area contributed by atoms with Crippen molar-refractivity contribution in [3.05, 3.63) is 82.7 Å². The maximum atomic E-state index is 14.4. The number of nitrogens with two attached hydrogens (primary N) is 1. The van der Waals surface area contributed by atoms with Gasteiger partial charge in [0.2, 0.25) is 5.91 Å². The van der Waals surface area contributed by atoms with Crippen LogP contribution in [0.3, 0.4) is 0 Å². The second-order valence-electron chi connectivity index (χ2n) is 7.45. The third kappa shape index (κ3) is 3.43. The normalized spacial score (nSPS) is 11.5. The van der Waals surface area contributed by atoms with Crippen LogP contribution in [0.25, 0.3) is 21.8 Å². The molecular formula is C24H21F3N2O. The van der Waals surface area contributed by atoms with E-state index in [2.05, 4.69) is 6.92 Å². The Hall–Kier alpha value is -3.28. The summed E-state index contributed by atoms with van der Waals surface area (Å²) in [5.41, 5.74) is 8.16. The first kappa shape index (κ1) is 20.0. The molecule has 1 heterocycles. The predicted molar refractivity (Wildman–Crippen MR) is 112 cm³/mol. The fraction of sp³-hybridized carbons (Fsp3) is 0.208. The van der Waals surface area contributed by atoms with Crippen LogP contribution in [-0.2, 0) is 13.0 Å². The van der Waals surface area contributed by atoms with Gasteiger partial charge in [-0.1, -0.05) is 31.5 Å². The van der Waals surface area contributed by atoms with Crippen LogP contribution in [0, 0.1) is 17.5 Å². The largest absolute Gasteiger partial charge is 0.366 e. The highest BCUT2D eigenvalue weighted by atomic mass is 19.1. The van der Waals surface area contributed by atoms with Crippen molar-refractivity contribution in [3.8, 4) is 0 Å². The Bertz CT molecular complexity index is 1250. The third-order valence-electron chi connectivity index (χ3n) is 5.46. The lowest BCUT2D eigenvalue weighted by atomic mass is 10.0. The molecule has 154 valence electrons. The molecule has 4 rings (SSSR count). The minimum absolute atomic E-state index is 0.141. The molecule has 0 bridgehead atoms. The summed E-state index contributed by atoms with van der Waals surface area (Å²) < 4.78 is 43.9. The quantitative estimate of drug-likeness (QED) is 0.435. The van der Waals surface area contributed by atoms with Crippen LogP contribution in [0.2, 0.25) is 0 Å². The summed E-state index contributed by atoms with van der Waals surface area (Å²) in [6.07, 6.45) is 2.92. The Labute approximate surface area is 171 Å². The molecule has 0 radical (unpaired) electrons. The molecule has 0 saturated carbocycles. The van der Waals surface area contributed by atoms with Crippen molar-refractivity contribution >= 4 is 27.7 Å². The molecule has 0 spiro atoms. The molecule has 0 aliphatic rings. The number of carbonyl (C=O) groups is 1. The SMILES string of the molecule is CCCCc1ccc2c3c(C(N)=O)cccc3n(Cc3c(F)cc(F)cc3F)c2c1. The van der Waals surface area contributed by atoms with Crippen LogP contribution in [0.1, 0.15) is 41.3 Å². The number of fused-ring (bicyclic) bond motifs is 3. The van der Waals surface area contributed by atoms with Gasteiger partial charge in [0.1, 0.15) is 17.5 Å². The van der Waals surface area contributed by atoms with Crippen molar-refractivity contribution in [3.63, 3.8) is 0 Å². The van der Waals surface area contributed by atoms with Crippen molar-refractivity contribution in [2.45, 2.75) is 32.7 Å². The van der Waals surface area contributed by atoms with E-state index in [0.717, 1.165) is 35.7 Å². The number of primary amides is 1. The van der Waals surface area contributed by atoms with E-state index in [0.29, 0.717) is 28.6 Å². The highest BCUT2D eigenvalue weighted by Crippen LogP contribution is 2.34. The van der Waals surface area contributed by atoms with Gasteiger partial charge in [0, 0.05) is 39.5 Å². The number of nitrogens with zero attached hydrogens (tertiary/aromatic N) is 1. The summed E-state index contributed by atoms with van der Waals surface area (Å²) in [6, 6.07) is 12.4. The molecule has 4 aromatic rings. The Morgan fingerprint density at radius 2 is 1.73 bits per heavy atom. The zero-order chi connectivity index (χ0) is 21.4. The van der Waals surface area contributed by atoms with Crippen LogP contribution in [0.5, 0.6) is 0 Å². The first-order valence-corrected chi connectivity index (χ1v) is 9.87. The number of benzene rings is 3. The van der Waals surface area contributed by atoms with E-state index < -0.39 is 23.4 Å². The zero-order valence-corrected chi connectivity index (χ0v) is 16.5. The molecule has 1 amide bonds. The number of carbonyl (C=O) groups excluding carboxylic acids is 1. The van der Waals surface area contributed by atoms with Gasteiger partial charge >= 0.3 is 0 Å². The predicted octanol–water partition coefficient (Wildman–Crippen LogP) is 5.70. The molecule has 3 nitrogen and oxygen atoms in total. The number of halogens is 3. The molecule has 30 heavy (non-hydrogen) atoms. The molecule has 0 aliphatic carbocycles. The summed E-state index contributed by atoms with van der Waals surface area (Å²) >= 11 is 0. The molecular weight excluding hydrogens is 389 g/mol. The number of rotatable bonds is 6. The second-order valence-corrected chi connectivity index (χ2v) is 7.45. The second kappa shape index (κ2) is 7.86. The van der Waals surface area contributed by atoms with E-state index in [1.54, 1.807) is 22.8 Å². The number of aromatic nitrogens is 1. The number of unbranched alkanes of at least 4 members (excludes halogenated alkanes) is 1. The molecule has 1 aromatic heterocycles. The van der Waals surface area contributed by atoms with Crippen LogP contribution in [-0.4, -0.2) is 10.5 Å². The van der Waals surface area contributed by atoms with Gasteiger partial charge in [0.25, 0.3) is 0 Å². The summed E-state index contributed by atoms with van der Waals surface area (Å²) in [4.78, 5) is 12.0. The molecule has 0 saturated heterocycles. The van der Waals surface area contributed by atoms with E-state index in [9.17, 15) is 18.0 Å². The summed E-state index contributed by atoms with van der Waals surface area (Å²) in [5, 5.41) is 1.42. The standard InChI is InChI=1S/C24H21F3N2O/c1-2-3-5-14-8-9-16-22(10-14)29(13-18-19(26)11-15(25)12-20(18)27)21-7-4-6-17(23(16)21)24(28)30/h4,6-12H,2-3,5,13H2,1H3,(H2,28,30). The van der Waals surface area contributed by atoms with Gasteiger partial charge in [-0.15, -0.1) is 0 Å². The van der Waals surface area contributed by atoms with Crippen LogP contribution < -0.4 is 5.73 Å². The van der Waals surface area contributed by atoms with Crippen LogP contribution in [0.15, 0.2) is 48.5 Å². The van der Waals surface area contributed by atoms with Crippen molar-refractivity contribution in [2.75, 3.05) is 0 Å². The molecule has 3 aromatic carbocycles. The van der Waals surface area contributed by atoms with Crippen LogP contribution >= 0.6 is 0 Å². The Balaban J connectivity index is 2.00. The minimum atomic E-state index is -0.964. The third-order valence-corrected chi connectivity index (χ3v) is 5.46. The number of aryl methyl sites for hydroxylation is 1. The van der Waals surface area contributed by atoms with Gasteiger partial charge < -0.3 is 10.3 Å². The molecule has 6 heteroatoms. The highest BCUT2D eigenvalue weighted by Gasteiger charge is 2.19. The van der Waals surface area contributed by atoms with E-state index in [4.69, 9.17) is 5.73 Å². The number of hydrogen-bond donors (Lipinski definition) is 1. The molecule has 0 aliphatic heterocycles. The first-order chi connectivity index (χ1) is 14.4. The monoisotopic (exact) mass is 410 g/mol. The van der Waals surface area contributed by atoms with Gasteiger partial charge in [-0.2, -0.15) is 0 Å². The topological polar surface area (TPSA) is 48.0 Å². The summed E-state index contributed by atoms with van der Waals surface area (Å²) in [6.45, 7) is 1.96. The van der Waals surface area contributed by atoms with Gasteiger partial charge in [-0.25, -0.2) is 13.2 Å². The highest BCUT2D eigenvalue weighted by molar-refractivity contribution is 6.18. The Kier molecular flexibility index (Phi) is 5.24. The average Bonchev–Trinajstić information content (AvgIpc) is 3.01. The molecule has 0 atom stereocenters. The average molecular weight is 410 g/mol. The van der Waals surface area contributed by atoms with Gasteiger partial charge in [-0.3, -0.25) is 4.79 Å². The van der Waals surface area contributed by atoms with Crippen molar-refractivity contribution in [1.29, 1.82) is 0 Å². The lowest BCUT2D eigenvalue weighted by Crippen LogP contribution is -2.11. The Morgan fingerprint density at radius 3 is 2.40 bits per heavy atom. The van der Waals surface area contributed by atoms with E-state index in [1.807, 2.05) is 18.2 Å². The van der Waals surface area contributed by atoms with Crippen molar-refractivity contribution in [2.24, 2.45) is 5.73 Å². The lowest BCUT2D eigenvalue weighted by molar-refractivity contribution is 0.100. The number of amides is 1. The molecule has 0 unspecified atom stereocenters. The van der Waals surface area contributed by atoms with Crippen molar-refractivity contribution in [1.82, 2.24) is 4.57 Å². The fourth-order valence-corrected chi connectivity index (χ4v) is 3.98. The fourth-order valence-electron chi connectivity index (χ4n) is 3.98. The van der Waals surface area contributed by atoms with E-state index in [1.165, 1.54) is 0 Å². The smallest absolute Gasteiger partial charge is 0.249 e.